The minimum absolute atomic E-state index is 0. The summed E-state index contributed by atoms with van der Waals surface area (Å²) in [5.74, 6) is 0.899. The van der Waals surface area contributed by atoms with Gasteiger partial charge in [-0.15, -0.1) is 42.0 Å². The molecule has 0 saturated heterocycles. The van der Waals surface area contributed by atoms with Crippen molar-refractivity contribution in [1.82, 2.24) is 19.5 Å². The Morgan fingerprint density at radius 3 is 1.98 bits per heavy atom. The van der Waals surface area contributed by atoms with Crippen LogP contribution in [0.15, 0.2) is 134 Å². The molecule has 0 bridgehead atoms. The molecular weight excluding hydrogens is 693 g/mol. The van der Waals surface area contributed by atoms with Gasteiger partial charge in [-0.3, -0.25) is 0 Å². The summed E-state index contributed by atoms with van der Waals surface area (Å²) < 4.78 is 2.10. The number of hydrogen-bond donors (Lipinski definition) is 0. The van der Waals surface area contributed by atoms with E-state index in [4.69, 9.17) is 4.98 Å². The maximum absolute atomic E-state index is 4.96. The van der Waals surface area contributed by atoms with Crippen LogP contribution in [0.25, 0.3) is 50.6 Å². The van der Waals surface area contributed by atoms with Crippen molar-refractivity contribution in [3.05, 3.63) is 157 Å². The monoisotopic (exact) mass is 721 g/mol. The van der Waals surface area contributed by atoms with Gasteiger partial charge in [-0.25, -0.2) is 9.97 Å². The molecule has 7 rings (SSSR count). The summed E-state index contributed by atoms with van der Waals surface area (Å²) in [5.41, 5.74) is 10.6. The molecule has 0 unspecified atom stereocenters. The Kier molecular flexibility index (Phi) is 9.13. The number of aryl methyl sites for hydroxylation is 2. The number of para-hydroxylation sites is 1. The van der Waals surface area contributed by atoms with Crippen LogP contribution < -0.4 is 0 Å². The molecule has 1 radical (unpaired) electrons. The number of nitrogens with zero attached hydrogens (tertiary/aromatic N) is 4. The largest absolute Gasteiger partial charge is 0.305 e. The first-order valence-electron chi connectivity index (χ1n) is 13.5. The van der Waals surface area contributed by atoms with Gasteiger partial charge in [0, 0.05) is 38.1 Å². The third kappa shape index (κ3) is 6.13. The van der Waals surface area contributed by atoms with Crippen LogP contribution in [-0.4, -0.2) is 19.5 Å². The van der Waals surface area contributed by atoms with Gasteiger partial charge >= 0.3 is 0 Å². The van der Waals surface area contributed by atoms with Crippen molar-refractivity contribution in [1.29, 1.82) is 0 Å². The summed E-state index contributed by atoms with van der Waals surface area (Å²) in [6.07, 6.45) is 3.60. The zero-order valence-corrected chi connectivity index (χ0v) is 25.7. The van der Waals surface area contributed by atoms with Crippen LogP contribution in [-0.2, 0) is 20.1 Å². The molecule has 4 nitrogen and oxygen atoms in total. The maximum Gasteiger partial charge on any atom is 0.163 e. The van der Waals surface area contributed by atoms with Gasteiger partial charge in [0.05, 0.1) is 0 Å². The van der Waals surface area contributed by atoms with Crippen LogP contribution in [0.1, 0.15) is 11.1 Å². The first kappa shape index (κ1) is 28.8. The summed E-state index contributed by atoms with van der Waals surface area (Å²) in [6, 6.07) is 47.0. The second-order valence-electron chi connectivity index (χ2n) is 9.71. The van der Waals surface area contributed by atoms with Gasteiger partial charge in [0.25, 0.3) is 0 Å². The van der Waals surface area contributed by atoms with Crippen molar-refractivity contribution in [3.8, 4) is 39.5 Å². The summed E-state index contributed by atoms with van der Waals surface area (Å²) >= 11 is 0. The summed E-state index contributed by atoms with van der Waals surface area (Å²) in [4.78, 5) is 13.8. The fourth-order valence-corrected chi connectivity index (χ4v) is 5.02. The first-order chi connectivity index (χ1) is 20.2. The Hall–Kier alpha value is -4.70. The second-order valence-corrected chi connectivity index (χ2v) is 9.71. The van der Waals surface area contributed by atoms with E-state index in [1.807, 2.05) is 91.1 Å². The van der Waals surface area contributed by atoms with E-state index in [9.17, 15) is 0 Å². The first-order valence-corrected chi connectivity index (χ1v) is 13.5. The normalized spacial score (nSPS) is 10.4. The van der Waals surface area contributed by atoms with E-state index >= 15 is 0 Å². The predicted octanol–water partition coefficient (Wildman–Crippen LogP) is 8.72. The van der Waals surface area contributed by atoms with Crippen LogP contribution in [0.2, 0.25) is 0 Å². The van der Waals surface area contributed by atoms with Crippen LogP contribution in [0, 0.1) is 26.0 Å². The van der Waals surface area contributed by atoms with Crippen molar-refractivity contribution >= 4 is 11.2 Å². The van der Waals surface area contributed by atoms with Gasteiger partial charge in [-0.1, -0.05) is 60.3 Å². The van der Waals surface area contributed by atoms with Crippen LogP contribution in [0.4, 0.5) is 0 Å². The molecule has 3 heterocycles. The Balaban J connectivity index is 0.000000228. The molecule has 4 aromatic carbocycles. The molecule has 0 fully saturated rings. The second kappa shape index (κ2) is 13.3. The molecule has 42 heavy (non-hydrogen) atoms. The number of aromatic nitrogens is 4. The molecule has 0 amide bonds. The number of hydrogen-bond acceptors (Lipinski definition) is 3. The zero-order valence-electron chi connectivity index (χ0n) is 23.3. The van der Waals surface area contributed by atoms with Crippen molar-refractivity contribution in [2.75, 3.05) is 0 Å². The minimum atomic E-state index is 0. The molecule has 0 atom stereocenters. The quantitative estimate of drug-likeness (QED) is 0.171. The number of pyridine rings is 2. The molecule has 0 aliphatic rings. The summed E-state index contributed by atoms with van der Waals surface area (Å²) in [7, 11) is 0. The molecule has 0 spiro atoms. The Morgan fingerprint density at radius 1 is 0.619 bits per heavy atom. The van der Waals surface area contributed by atoms with E-state index in [1.165, 1.54) is 22.3 Å². The van der Waals surface area contributed by atoms with Crippen molar-refractivity contribution in [2.45, 2.75) is 13.8 Å². The van der Waals surface area contributed by atoms with E-state index in [1.54, 1.807) is 6.20 Å². The van der Waals surface area contributed by atoms with Gasteiger partial charge in [-0.2, -0.15) is 24.3 Å². The van der Waals surface area contributed by atoms with Gasteiger partial charge in [0.15, 0.2) is 5.65 Å². The molecule has 3 aromatic heterocycles. The molecule has 207 valence electrons. The summed E-state index contributed by atoms with van der Waals surface area (Å²) in [5, 5.41) is 0. The van der Waals surface area contributed by atoms with E-state index in [0.29, 0.717) is 0 Å². The third-order valence-electron chi connectivity index (χ3n) is 6.86. The SMILES string of the molecule is Cc1cc(-c2ccccc2)cc(C)c1-c1nc2cccnc2n1-c1[c-]cccc1.[Ir].[c-]1ccccc1-c1ccccn1. The van der Waals surface area contributed by atoms with E-state index < -0.39 is 0 Å². The standard InChI is InChI=1S/C26H20N3.C11H8N.Ir/c1-18-16-21(20-10-5-3-6-11-20)17-19(2)24(18)26-28-23-14-9-15-27-25(23)29(26)22-12-7-4-8-13-22;1-2-6-10(7-3-1)11-8-4-5-9-12-11;/h3-12,14-17H,1-2H3;1-6,8-9H;/q2*-1;. The molecule has 7 aromatic rings. The smallest absolute Gasteiger partial charge is 0.163 e. The van der Waals surface area contributed by atoms with Crippen molar-refractivity contribution in [3.63, 3.8) is 0 Å². The number of imidazole rings is 1. The molecular formula is C37H28IrN4-2. The van der Waals surface area contributed by atoms with Crippen molar-refractivity contribution < 1.29 is 20.1 Å². The van der Waals surface area contributed by atoms with Crippen molar-refractivity contribution in [2.24, 2.45) is 0 Å². The molecule has 0 N–H and O–H groups in total. The van der Waals surface area contributed by atoms with Gasteiger partial charge in [-0.05, 0) is 60.0 Å². The van der Waals surface area contributed by atoms with Crippen LogP contribution in [0.5, 0.6) is 0 Å². The van der Waals surface area contributed by atoms with Gasteiger partial charge in [0.2, 0.25) is 0 Å². The topological polar surface area (TPSA) is 43.6 Å². The minimum Gasteiger partial charge on any atom is -0.305 e. The van der Waals surface area contributed by atoms with Gasteiger partial charge in [0.1, 0.15) is 11.3 Å². The number of rotatable bonds is 4. The Bertz CT molecular complexity index is 1820. The summed E-state index contributed by atoms with van der Waals surface area (Å²) in [6.45, 7) is 4.31. The molecule has 0 saturated carbocycles. The fourth-order valence-electron chi connectivity index (χ4n) is 5.02. The zero-order chi connectivity index (χ0) is 28.0. The number of benzene rings is 4. The molecule has 5 heteroatoms. The van der Waals surface area contributed by atoms with Gasteiger partial charge < -0.3 is 9.55 Å². The van der Waals surface area contributed by atoms with E-state index in [0.717, 1.165) is 39.5 Å². The molecule has 0 aliphatic heterocycles. The molecule has 0 aliphatic carbocycles. The van der Waals surface area contributed by atoms with Crippen LogP contribution >= 0.6 is 0 Å². The average Bonchev–Trinajstić information content (AvgIpc) is 3.42. The Labute approximate surface area is 260 Å². The van der Waals surface area contributed by atoms with E-state index in [-0.39, 0.29) is 20.1 Å². The predicted molar refractivity (Wildman–Crippen MR) is 167 cm³/mol. The number of fused-ring (bicyclic) bond motifs is 1. The Morgan fingerprint density at radius 2 is 1.31 bits per heavy atom. The maximum atomic E-state index is 4.96. The average molecular weight is 721 g/mol. The van der Waals surface area contributed by atoms with Crippen LogP contribution in [0.3, 0.4) is 0 Å². The fraction of sp³-hybridized carbons (Fsp3) is 0.0541. The van der Waals surface area contributed by atoms with E-state index in [2.05, 4.69) is 76.9 Å². The third-order valence-corrected chi connectivity index (χ3v) is 6.86.